The number of guanidine groups is 1. The Bertz CT molecular complexity index is 586. The highest BCUT2D eigenvalue weighted by Gasteiger charge is 2.27. The number of carbonyl (C=O) groups excluding carboxylic acids is 1. The number of anilines is 1. The summed E-state index contributed by atoms with van der Waals surface area (Å²) in [6.45, 7) is 1.41. The van der Waals surface area contributed by atoms with Crippen LogP contribution < -0.4 is 10.6 Å². The van der Waals surface area contributed by atoms with Gasteiger partial charge >= 0.3 is 0 Å². The molecule has 1 aromatic carbocycles. The maximum absolute atomic E-state index is 12.3. The molecule has 0 aromatic heterocycles. The summed E-state index contributed by atoms with van der Waals surface area (Å²) in [4.78, 5) is 20.7. The van der Waals surface area contributed by atoms with Gasteiger partial charge in [0, 0.05) is 38.3 Å². The number of hydrogen-bond donors (Lipinski definition) is 1. The Morgan fingerprint density at radius 1 is 1.39 bits per heavy atom. The van der Waals surface area contributed by atoms with Crippen molar-refractivity contribution in [2.45, 2.75) is 38.1 Å². The first-order valence-electron chi connectivity index (χ1n) is 8.08. The third kappa shape index (κ3) is 4.37. The average molecular weight is 428 g/mol. The third-order valence-corrected chi connectivity index (χ3v) is 4.47. The van der Waals surface area contributed by atoms with Crippen LogP contribution >= 0.6 is 24.0 Å². The molecule has 2 aliphatic rings. The van der Waals surface area contributed by atoms with E-state index in [0.717, 1.165) is 25.1 Å². The molecule has 1 heterocycles. The second-order valence-corrected chi connectivity index (χ2v) is 6.11. The van der Waals surface area contributed by atoms with E-state index in [1.807, 2.05) is 35.0 Å². The van der Waals surface area contributed by atoms with Crippen molar-refractivity contribution in [3.8, 4) is 0 Å². The fourth-order valence-corrected chi connectivity index (χ4v) is 2.92. The van der Waals surface area contributed by atoms with Crippen molar-refractivity contribution >= 4 is 41.5 Å². The van der Waals surface area contributed by atoms with E-state index >= 15 is 0 Å². The normalized spacial score (nSPS) is 16.7. The predicted molar refractivity (Wildman–Crippen MR) is 104 cm³/mol. The van der Waals surface area contributed by atoms with Crippen molar-refractivity contribution in [2.75, 3.05) is 25.0 Å². The standard InChI is InChI=1S/C17H24N4O.HI/c1-20(14-8-9-14)17(18)19-11-4-7-16(22)21-12-10-13-5-2-3-6-15(13)21;/h2-3,5-6,14H,4,7-12H2,1H3,(H2,18,19);1H. The molecule has 23 heavy (non-hydrogen) atoms. The lowest BCUT2D eigenvalue weighted by Crippen LogP contribution is -2.35. The third-order valence-electron chi connectivity index (χ3n) is 4.47. The molecule has 2 N–H and O–H groups in total. The minimum absolute atomic E-state index is 0. The van der Waals surface area contributed by atoms with Crippen molar-refractivity contribution in [2.24, 2.45) is 10.7 Å². The van der Waals surface area contributed by atoms with E-state index in [1.165, 1.54) is 18.4 Å². The van der Waals surface area contributed by atoms with Crippen LogP contribution in [0.3, 0.4) is 0 Å². The fourth-order valence-electron chi connectivity index (χ4n) is 2.92. The highest BCUT2D eigenvalue weighted by Crippen LogP contribution is 2.28. The highest BCUT2D eigenvalue weighted by atomic mass is 127. The van der Waals surface area contributed by atoms with Gasteiger partial charge in [-0.15, -0.1) is 24.0 Å². The van der Waals surface area contributed by atoms with E-state index in [9.17, 15) is 4.79 Å². The fraction of sp³-hybridized carbons (Fsp3) is 0.529. The van der Waals surface area contributed by atoms with Gasteiger partial charge in [0.1, 0.15) is 0 Å². The summed E-state index contributed by atoms with van der Waals surface area (Å²) >= 11 is 0. The monoisotopic (exact) mass is 428 g/mol. The van der Waals surface area contributed by atoms with Crippen molar-refractivity contribution in [3.63, 3.8) is 0 Å². The van der Waals surface area contributed by atoms with Crippen LogP contribution in [0.15, 0.2) is 29.3 Å². The first-order valence-corrected chi connectivity index (χ1v) is 8.08. The lowest BCUT2D eigenvalue weighted by Gasteiger charge is -2.18. The van der Waals surface area contributed by atoms with E-state index < -0.39 is 0 Å². The van der Waals surface area contributed by atoms with Crippen molar-refractivity contribution in [1.82, 2.24) is 4.90 Å². The second-order valence-electron chi connectivity index (χ2n) is 6.11. The molecule has 0 spiro atoms. The minimum atomic E-state index is 0. The maximum atomic E-state index is 12.3. The Kier molecular flexibility index (Phi) is 6.26. The number of nitrogens with two attached hydrogens (primary N) is 1. The van der Waals surface area contributed by atoms with Crippen molar-refractivity contribution in [1.29, 1.82) is 0 Å². The zero-order chi connectivity index (χ0) is 15.5. The summed E-state index contributed by atoms with van der Waals surface area (Å²) in [5.74, 6) is 0.788. The molecule has 1 amide bonds. The van der Waals surface area contributed by atoms with Gasteiger partial charge in [0.2, 0.25) is 5.91 Å². The first kappa shape index (κ1) is 18.0. The van der Waals surface area contributed by atoms with Gasteiger partial charge in [-0.1, -0.05) is 18.2 Å². The van der Waals surface area contributed by atoms with E-state index in [4.69, 9.17) is 5.73 Å². The summed E-state index contributed by atoms with van der Waals surface area (Å²) in [6.07, 6.45) is 4.65. The Morgan fingerprint density at radius 3 is 2.87 bits per heavy atom. The summed E-state index contributed by atoms with van der Waals surface area (Å²) in [6, 6.07) is 8.72. The number of para-hydroxylation sites is 1. The summed E-state index contributed by atoms with van der Waals surface area (Å²) in [7, 11) is 1.99. The molecular weight excluding hydrogens is 403 g/mol. The number of fused-ring (bicyclic) bond motifs is 1. The molecule has 6 heteroatoms. The zero-order valence-electron chi connectivity index (χ0n) is 13.6. The molecule has 0 saturated heterocycles. The molecule has 0 radical (unpaired) electrons. The van der Waals surface area contributed by atoms with Gasteiger partial charge in [0.15, 0.2) is 5.96 Å². The van der Waals surface area contributed by atoms with Crippen LogP contribution in [-0.2, 0) is 11.2 Å². The molecule has 5 nitrogen and oxygen atoms in total. The van der Waals surface area contributed by atoms with E-state index in [0.29, 0.717) is 25.0 Å². The van der Waals surface area contributed by atoms with Crippen LogP contribution in [0.25, 0.3) is 0 Å². The van der Waals surface area contributed by atoms with Crippen LogP contribution in [0.5, 0.6) is 0 Å². The Labute approximate surface area is 154 Å². The van der Waals surface area contributed by atoms with Crippen LogP contribution in [0.1, 0.15) is 31.2 Å². The predicted octanol–water partition coefficient (Wildman–Crippen LogP) is 2.38. The lowest BCUT2D eigenvalue weighted by molar-refractivity contribution is -0.118. The summed E-state index contributed by atoms with van der Waals surface area (Å²) < 4.78 is 0. The van der Waals surface area contributed by atoms with Crippen molar-refractivity contribution < 1.29 is 4.79 Å². The van der Waals surface area contributed by atoms with Gasteiger partial charge in [-0.2, -0.15) is 0 Å². The summed E-state index contributed by atoms with van der Waals surface area (Å²) in [5, 5.41) is 0. The second kappa shape index (κ2) is 7.99. The zero-order valence-corrected chi connectivity index (χ0v) is 15.9. The van der Waals surface area contributed by atoms with Gasteiger partial charge < -0.3 is 15.5 Å². The molecule has 1 fully saturated rings. The van der Waals surface area contributed by atoms with Gasteiger partial charge in [0.05, 0.1) is 0 Å². The van der Waals surface area contributed by atoms with E-state index in [1.54, 1.807) is 0 Å². The SMILES string of the molecule is CN(C(N)=NCCCC(=O)N1CCc2ccccc21)C1CC1.I. The quantitative estimate of drug-likeness (QED) is 0.339. The molecule has 3 rings (SSSR count). The molecule has 126 valence electrons. The van der Waals surface area contributed by atoms with Crippen LogP contribution in [0, 0.1) is 0 Å². The number of amides is 1. The number of halogens is 1. The Morgan fingerprint density at radius 2 is 2.13 bits per heavy atom. The van der Waals surface area contributed by atoms with E-state index in [2.05, 4.69) is 11.1 Å². The van der Waals surface area contributed by atoms with Gasteiger partial charge in [-0.05, 0) is 37.3 Å². The number of nitrogens with zero attached hydrogens (tertiary/aromatic N) is 3. The first-order chi connectivity index (χ1) is 10.7. The number of aliphatic imine (C=N–C) groups is 1. The van der Waals surface area contributed by atoms with Crippen LogP contribution in [-0.4, -0.2) is 42.9 Å². The van der Waals surface area contributed by atoms with Gasteiger partial charge in [-0.25, -0.2) is 0 Å². The molecule has 1 aliphatic heterocycles. The molecule has 0 bridgehead atoms. The molecular formula is C17H25IN4O. The number of carbonyl (C=O) groups is 1. The van der Waals surface area contributed by atoms with Gasteiger partial charge in [-0.3, -0.25) is 9.79 Å². The Balaban J connectivity index is 0.00000192. The molecule has 1 aliphatic carbocycles. The number of hydrogen-bond acceptors (Lipinski definition) is 2. The van der Waals surface area contributed by atoms with Crippen molar-refractivity contribution in [3.05, 3.63) is 29.8 Å². The van der Waals surface area contributed by atoms with Crippen LogP contribution in [0.2, 0.25) is 0 Å². The number of benzene rings is 1. The Hall–Kier alpha value is -1.31. The lowest BCUT2D eigenvalue weighted by atomic mass is 10.2. The van der Waals surface area contributed by atoms with Crippen LogP contribution in [0.4, 0.5) is 5.69 Å². The van der Waals surface area contributed by atoms with Gasteiger partial charge in [0.25, 0.3) is 0 Å². The smallest absolute Gasteiger partial charge is 0.227 e. The molecule has 1 saturated carbocycles. The largest absolute Gasteiger partial charge is 0.370 e. The maximum Gasteiger partial charge on any atom is 0.227 e. The molecule has 0 atom stereocenters. The molecule has 1 aromatic rings. The minimum Gasteiger partial charge on any atom is -0.370 e. The highest BCUT2D eigenvalue weighted by molar-refractivity contribution is 14.0. The average Bonchev–Trinajstić information content (AvgIpc) is 3.29. The number of rotatable bonds is 5. The van der Waals surface area contributed by atoms with E-state index in [-0.39, 0.29) is 29.9 Å². The topological polar surface area (TPSA) is 61.9 Å². The molecule has 0 unspecified atom stereocenters. The summed E-state index contributed by atoms with van der Waals surface area (Å²) in [5.41, 5.74) is 8.28.